The highest BCUT2D eigenvalue weighted by atomic mass is 19.1. The molecule has 0 bridgehead atoms. The van der Waals surface area contributed by atoms with Gasteiger partial charge in [-0.25, -0.2) is 4.39 Å². The molecular weight excluding hydrogens is 305 g/mol. The molecule has 1 fully saturated rings. The molecule has 2 aromatic carbocycles. The van der Waals surface area contributed by atoms with Gasteiger partial charge in [0.15, 0.2) is 0 Å². The van der Waals surface area contributed by atoms with Crippen molar-refractivity contribution in [2.75, 3.05) is 20.3 Å². The Morgan fingerprint density at radius 1 is 1.12 bits per heavy atom. The second-order valence-corrected chi connectivity index (χ2v) is 6.35. The van der Waals surface area contributed by atoms with E-state index in [0.29, 0.717) is 13.2 Å². The summed E-state index contributed by atoms with van der Waals surface area (Å²) in [6.45, 7) is 2.82. The van der Waals surface area contributed by atoms with Crippen LogP contribution in [0.1, 0.15) is 24.0 Å². The zero-order chi connectivity index (χ0) is 16.8. The van der Waals surface area contributed by atoms with Crippen molar-refractivity contribution in [3.63, 3.8) is 0 Å². The van der Waals surface area contributed by atoms with Crippen molar-refractivity contribution >= 4 is 0 Å². The molecule has 0 saturated carbocycles. The van der Waals surface area contributed by atoms with E-state index in [4.69, 9.17) is 9.47 Å². The van der Waals surface area contributed by atoms with Crippen LogP contribution in [-0.2, 0) is 17.8 Å². The van der Waals surface area contributed by atoms with Crippen LogP contribution in [0.25, 0.3) is 0 Å². The van der Waals surface area contributed by atoms with Gasteiger partial charge in [0, 0.05) is 25.3 Å². The van der Waals surface area contributed by atoms with Crippen molar-refractivity contribution in [2.45, 2.75) is 32.0 Å². The first-order valence-corrected chi connectivity index (χ1v) is 8.46. The van der Waals surface area contributed by atoms with Gasteiger partial charge >= 0.3 is 0 Å². The van der Waals surface area contributed by atoms with Crippen molar-refractivity contribution in [3.05, 3.63) is 65.5 Å². The monoisotopic (exact) mass is 329 g/mol. The second kappa shape index (κ2) is 8.27. The van der Waals surface area contributed by atoms with Crippen LogP contribution in [0.15, 0.2) is 48.5 Å². The molecule has 0 radical (unpaired) electrons. The first-order valence-electron chi connectivity index (χ1n) is 8.46. The quantitative estimate of drug-likeness (QED) is 0.766. The summed E-state index contributed by atoms with van der Waals surface area (Å²) < 4.78 is 25.0. The fourth-order valence-electron chi connectivity index (χ4n) is 2.94. The molecule has 2 aromatic rings. The molecule has 4 heteroatoms. The van der Waals surface area contributed by atoms with E-state index in [1.807, 2.05) is 31.3 Å². The number of nitrogens with zero attached hydrogens (tertiary/aromatic N) is 1. The number of hydrogen-bond acceptors (Lipinski definition) is 3. The zero-order valence-corrected chi connectivity index (χ0v) is 14.1. The van der Waals surface area contributed by atoms with Gasteiger partial charge in [-0.15, -0.1) is 0 Å². The third-order valence-electron chi connectivity index (χ3n) is 4.23. The molecular formula is C20H24FNO2. The van der Waals surface area contributed by atoms with Gasteiger partial charge in [-0.2, -0.15) is 0 Å². The lowest BCUT2D eigenvalue weighted by Crippen LogP contribution is -2.18. The van der Waals surface area contributed by atoms with Crippen molar-refractivity contribution in [1.82, 2.24) is 4.90 Å². The summed E-state index contributed by atoms with van der Waals surface area (Å²) in [4.78, 5) is 2.10. The topological polar surface area (TPSA) is 21.7 Å². The molecule has 3 nitrogen and oxygen atoms in total. The van der Waals surface area contributed by atoms with Crippen molar-refractivity contribution in [3.8, 4) is 5.75 Å². The van der Waals surface area contributed by atoms with E-state index >= 15 is 0 Å². The molecule has 1 atom stereocenters. The number of ether oxygens (including phenoxy) is 2. The predicted molar refractivity (Wildman–Crippen MR) is 92.5 cm³/mol. The molecule has 0 spiro atoms. The van der Waals surface area contributed by atoms with E-state index in [-0.39, 0.29) is 11.9 Å². The van der Waals surface area contributed by atoms with Crippen LogP contribution in [0.2, 0.25) is 0 Å². The molecule has 0 N–H and O–H groups in total. The molecule has 1 aliphatic heterocycles. The number of hydrogen-bond donors (Lipinski definition) is 0. The smallest absolute Gasteiger partial charge is 0.127 e. The highest BCUT2D eigenvalue weighted by Gasteiger charge is 2.15. The summed E-state index contributed by atoms with van der Waals surface area (Å²) >= 11 is 0. The molecule has 3 rings (SSSR count). The van der Waals surface area contributed by atoms with Crippen LogP contribution >= 0.6 is 0 Å². The highest BCUT2D eigenvalue weighted by Crippen LogP contribution is 2.18. The normalized spacial score (nSPS) is 17.4. The minimum absolute atomic E-state index is 0.151. The predicted octanol–water partition coefficient (Wildman–Crippen LogP) is 4.02. The SMILES string of the molecule is CN(Cc1ccc(OC[C@H]2CCCO2)cc1)Cc1ccccc1F. The summed E-state index contributed by atoms with van der Waals surface area (Å²) in [6, 6.07) is 15.0. The van der Waals surface area contributed by atoms with E-state index in [9.17, 15) is 4.39 Å². The molecule has 1 heterocycles. The summed E-state index contributed by atoms with van der Waals surface area (Å²) in [5.74, 6) is 0.716. The first kappa shape index (κ1) is 16.9. The largest absolute Gasteiger partial charge is 0.491 e. The van der Waals surface area contributed by atoms with Crippen molar-refractivity contribution in [2.24, 2.45) is 0 Å². The zero-order valence-electron chi connectivity index (χ0n) is 14.1. The summed E-state index contributed by atoms with van der Waals surface area (Å²) in [7, 11) is 1.99. The molecule has 0 aromatic heterocycles. The number of rotatable bonds is 7. The lowest BCUT2D eigenvalue weighted by molar-refractivity contribution is 0.0679. The van der Waals surface area contributed by atoms with Crippen LogP contribution in [0.5, 0.6) is 5.75 Å². The molecule has 128 valence electrons. The van der Waals surface area contributed by atoms with Gasteiger partial charge in [-0.3, -0.25) is 4.90 Å². The lowest BCUT2D eigenvalue weighted by Gasteiger charge is -2.17. The van der Waals surface area contributed by atoms with Crippen LogP contribution in [0.3, 0.4) is 0 Å². The Balaban J connectivity index is 1.49. The maximum atomic E-state index is 13.7. The first-order chi connectivity index (χ1) is 11.7. The van der Waals surface area contributed by atoms with Crippen LogP contribution in [-0.4, -0.2) is 31.3 Å². The van der Waals surface area contributed by atoms with Crippen LogP contribution in [0, 0.1) is 5.82 Å². The Labute approximate surface area is 143 Å². The summed E-state index contributed by atoms with van der Waals surface area (Å²) in [5.41, 5.74) is 1.90. The maximum Gasteiger partial charge on any atom is 0.127 e. The average molecular weight is 329 g/mol. The number of benzene rings is 2. The van der Waals surface area contributed by atoms with E-state index in [2.05, 4.69) is 17.0 Å². The molecule has 1 aliphatic rings. The minimum Gasteiger partial charge on any atom is -0.491 e. The summed E-state index contributed by atoms with van der Waals surface area (Å²) in [5, 5.41) is 0. The van der Waals surface area contributed by atoms with E-state index in [0.717, 1.165) is 37.3 Å². The van der Waals surface area contributed by atoms with Gasteiger partial charge in [0.05, 0.1) is 6.10 Å². The van der Waals surface area contributed by atoms with Crippen LogP contribution < -0.4 is 4.74 Å². The highest BCUT2D eigenvalue weighted by molar-refractivity contribution is 5.27. The van der Waals surface area contributed by atoms with Gasteiger partial charge in [0.25, 0.3) is 0 Å². The Morgan fingerprint density at radius 2 is 1.92 bits per heavy atom. The third kappa shape index (κ3) is 4.79. The van der Waals surface area contributed by atoms with Gasteiger partial charge < -0.3 is 9.47 Å². The van der Waals surface area contributed by atoms with Gasteiger partial charge in [0.1, 0.15) is 18.2 Å². The second-order valence-electron chi connectivity index (χ2n) is 6.35. The standard InChI is InChI=1S/C20H24FNO2/c1-22(14-17-5-2-3-7-20(17)21)13-16-8-10-18(11-9-16)24-15-19-6-4-12-23-19/h2-3,5,7-11,19H,4,6,12-15H2,1H3/t19-/m1/s1. The van der Waals surface area contributed by atoms with Gasteiger partial charge in [-0.05, 0) is 43.7 Å². The molecule has 0 unspecified atom stereocenters. The van der Waals surface area contributed by atoms with Gasteiger partial charge in [-0.1, -0.05) is 30.3 Å². The fourth-order valence-corrected chi connectivity index (χ4v) is 2.94. The van der Waals surface area contributed by atoms with E-state index in [1.165, 1.54) is 11.6 Å². The number of halogens is 1. The van der Waals surface area contributed by atoms with E-state index < -0.39 is 0 Å². The van der Waals surface area contributed by atoms with E-state index in [1.54, 1.807) is 6.07 Å². The van der Waals surface area contributed by atoms with Crippen molar-refractivity contribution in [1.29, 1.82) is 0 Å². The Kier molecular flexibility index (Phi) is 5.83. The summed E-state index contributed by atoms with van der Waals surface area (Å²) in [6.07, 6.45) is 2.44. The van der Waals surface area contributed by atoms with Crippen LogP contribution in [0.4, 0.5) is 4.39 Å². The molecule has 24 heavy (non-hydrogen) atoms. The minimum atomic E-state index is -0.151. The average Bonchev–Trinajstić information content (AvgIpc) is 3.10. The Morgan fingerprint density at radius 3 is 2.62 bits per heavy atom. The van der Waals surface area contributed by atoms with Crippen molar-refractivity contribution < 1.29 is 13.9 Å². The maximum absolute atomic E-state index is 13.7. The fraction of sp³-hybridized carbons (Fsp3) is 0.400. The Hall–Kier alpha value is -1.91. The lowest BCUT2D eigenvalue weighted by atomic mass is 10.1. The Bertz CT molecular complexity index is 638. The molecule has 0 aliphatic carbocycles. The molecule has 0 amide bonds. The van der Waals surface area contributed by atoms with Gasteiger partial charge in [0.2, 0.25) is 0 Å². The third-order valence-corrected chi connectivity index (χ3v) is 4.23. The molecule has 1 saturated heterocycles.